The number of benzene rings is 9. The minimum Gasteiger partial charge on any atom is -0.455 e. The average Bonchev–Trinajstić information content (AvgIpc) is 3.73. The molecule has 0 saturated carbocycles. The summed E-state index contributed by atoms with van der Waals surface area (Å²) in [6, 6.07) is 57.6. The summed E-state index contributed by atoms with van der Waals surface area (Å²) in [6.07, 6.45) is 0. The second-order valence-corrected chi connectivity index (χ2v) is 13.8. The van der Waals surface area contributed by atoms with Crippen LogP contribution in [0.4, 0.5) is 0 Å². The third-order valence-corrected chi connectivity index (χ3v) is 11.4. The van der Waals surface area contributed by atoms with Crippen molar-refractivity contribution in [1.29, 1.82) is 0 Å². The lowest BCUT2D eigenvalue weighted by molar-refractivity contribution is 0.673. The topological polar surface area (TPSA) is 13.1 Å². The molecule has 0 amide bonds. The fourth-order valence-electron chi connectivity index (χ4n) is 8.23. The highest BCUT2D eigenvalue weighted by molar-refractivity contribution is 7.27. The molecule has 48 heavy (non-hydrogen) atoms. The summed E-state index contributed by atoms with van der Waals surface area (Å²) in [4.78, 5) is 0. The number of fused-ring (bicyclic) bond motifs is 13. The molecule has 11 rings (SSSR count). The van der Waals surface area contributed by atoms with Crippen LogP contribution in [0.25, 0.3) is 107 Å². The molecule has 11 aromatic rings. The van der Waals surface area contributed by atoms with E-state index in [4.69, 9.17) is 4.42 Å². The monoisotopic (exact) mass is 626 g/mol. The van der Waals surface area contributed by atoms with Gasteiger partial charge >= 0.3 is 0 Å². The predicted octanol–water partition coefficient (Wildman–Crippen LogP) is 13.9. The molecule has 2 heteroatoms. The van der Waals surface area contributed by atoms with Crippen molar-refractivity contribution < 1.29 is 4.42 Å². The van der Waals surface area contributed by atoms with Crippen molar-refractivity contribution in [3.8, 4) is 22.3 Å². The van der Waals surface area contributed by atoms with Crippen LogP contribution in [0.2, 0.25) is 0 Å². The second-order valence-electron chi connectivity index (χ2n) is 12.7. The van der Waals surface area contributed by atoms with Gasteiger partial charge in [0.15, 0.2) is 0 Å². The van der Waals surface area contributed by atoms with Gasteiger partial charge in [-0.15, -0.1) is 11.3 Å². The molecule has 2 aromatic heterocycles. The lowest BCUT2D eigenvalue weighted by atomic mass is 9.84. The average molecular weight is 627 g/mol. The maximum Gasteiger partial charge on any atom is 0.145 e. The largest absolute Gasteiger partial charge is 0.455 e. The molecular formula is C46H26OS. The van der Waals surface area contributed by atoms with Gasteiger partial charge in [0.1, 0.15) is 11.2 Å². The van der Waals surface area contributed by atoms with Gasteiger partial charge in [0.2, 0.25) is 0 Å². The fraction of sp³-hybridized carbons (Fsp3) is 0. The number of hydrogen-bond donors (Lipinski definition) is 0. The third kappa shape index (κ3) is 3.50. The Labute approximate surface area is 279 Å². The van der Waals surface area contributed by atoms with Crippen LogP contribution < -0.4 is 0 Å². The van der Waals surface area contributed by atoms with Crippen LogP contribution in [0, 0.1) is 0 Å². The Bertz CT molecular complexity index is 3060. The van der Waals surface area contributed by atoms with E-state index in [-0.39, 0.29) is 0 Å². The van der Waals surface area contributed by atoms with Gasteiger partial charge in [0, 0.05) is 36.3 Å². The zero-order chi connectivity index (χ0) is 31.3. The smallest absolute Gasteiger partial charge is 0.145 e. The molecule has 0 N–H and O–H groups in total. The summed E-state index contributed by atoms with van der Waals surface area (Å²) < 4.78 is 9.22. The molecule has 0 atom stereocenters. The zero-order valence-electron chi connectivity index (χ0n) is 25.8. The van der Waals surface area contributed by atoms with Crippen molar-refractivity contribution in [3.05, 3.63) is 158 Å². The lowest BCUT2D eigenvalue weighted by Gasteiger charge is -2.18. The molecule has 2 heterocycles. The van der Waals surface area contributed by atoms with E-state index in [1.54, 1.807) is 0 Å². The van der Waals surface area contributed by atoms with Crippen LogP contribution in [-0.4, -0.2) is 0 Å². The van der Waals surface area contributed by atoms with Crippen LogP contribution >= 0.6 is 11.3 Å². The maximum atomic E-state index is 6.66. The first-order chi connectivity index (χ1) is 23.8. The molecule has 0 fully saturated rings. The summed E-state index contributed by atoms with van der Waals surface area (Å²) in [5.74, 6) is 0. The normalized spacial score (nSPS) is 12.2. The SMILES string of the molecule is c1ccc2c(-c3c4ccccc4c(-c4ccc5c(c4)sc4c6ccccc6c6c7ccccc7oc6c54)c4ccccc34)cccc2c1. The summed E-state index contributed by atoms with van der Waals surface area (Å²) in [6.45, 7) is 0. The van der Waals surface area contributed by atoms with E-state index in [9.17, 15) is 0 Å². The van der Waals surface area contributed by atoms with Gasteiger partial charge in [0.05, 0.1) is 0 Å². The van der Waals surface area contributed by atoms with E-state index >= 15 is 0 Å². The van der Waals surface area contributed by atoms with Crippen molar-refractivity contribution in [2.75, 3.05) is 0 Å². The van der Waals surface area contributed by atoms with Gasteiger partial charge in [-0.25, -0.2) is 0 Å². The van der Waals surface area contributed by atoms with Crippen molar-refractivity contribution in [1.82, 2.24) is 0 Å². The Morgan fingerprint density at radius 3 is 1.73 bits per heavy atom. The minimum atomic E-state index is 0.936. The summed E-state index contributed by atoms with van der Waals surface area (Å²) in [7, 11) is 0. The summed E-state index contributed by atoms with van der Waals surface area (Å²) in [5.41, 5.74) is 7.00. The van der Waals surface area contributed by atoms with Crippen molar-refractivity contribution in [2.24, 2.45) is 0 Å². The van der Waals surface area contributed by atoms with E-state index in [0.717, 1.165) is 11.2 Å². The van der Waals surface area contributed by atoms with Crippen molar-refractivity contribution in [2.45, 2.75) is 0 Å². The Morgan fingerprint density at radius 1 is 0.396 bits per heavy atom. The van der Waals surface area contributed by atoms with Crippen molar-refractivity contribution in [3.63, 3.8) is 0 Å². The third-order valence-electron chi connectivity index (χ3n) is 10.2. The van der Waals surface area contributed by atoms with E-state index in [0.29, 0.717) is 0 Å². The molecule has 1 nitrogen and oxygen atoms in total. The highest BCUT2D eigenvalue weighted by Crippen LogP contribution is 2.49. The highest BCUT2D eigenvalue weighted by Gasteiger charge is 2.21. The first-order valence-corrected chi connectivity index (χ1v) is 17.3. The standard InChI is InChI=1S/C46H26OS/c1-2-14-29-27(12-1)13-11-22-30(29)42-33-17-5-3-15-31(33)41(32-16-4-6-18-34(32)42)28-24-25-38-40(26-28)48-46-36-20-8-7-19-35(36)43-37-21-9-10-23-39(37)47-45(43)44(38)46/h1-26H. The Kier molecular flexibility index (Phi) is 5.32. The zero-order valence-corrected chi connectivity index (χ0v) is 26.6. The summed E-state index contributed by atoms with van der Waals surface area (Å²) in [5, 5.41) is 15.0. The molecule has 0 radical (unpaired) electrons. The number of hydrogen-bond acceptors (Lipinski definition) is 2. The van der Waals surface area contributed by atoms with Gasteiger partial charge in [-0.2, -0.15) is 0 Å². The number of thiophene rings is 1. The van der Waals surface area contributed by atoms with E-state index < -0.39 is 0 Å². The molecule has 9 aromatic carbocycles. The molecule has 0 unspecified atom stereocenters. The van der Waals surface area contributed by atoms with Crippen LogP contribution in [0.3, 0.4) is 0 Å². The first kappa shape index (κ1) is 26.1. The molecule has 222 valence electrons. The quantitative estimate of drug-likeness (QED) is 0.174. The predicted molar refractivity (Wildman–Crippen MR) is 208 cm³/mol. The van der Waals surface area contributed by atoms with Crippen LogP contribution in [0.15, 0.2) is 162 Å². The van der Waals surface area contributed by atoms with Gasteiger partial charge < -0.3 is 4.42 Å². The van der Waals surface area contributed by atoms with Crippen molar-refractivity contribution >= 4 is 96.5 Å². The highest BCUT2D eigenvalue weighted by atomic mass is 32.1. The Hall–Kier alpha value is -5.96. The lowest BCUT2D eigenvalue weighted by Crippen LogP contribution is -1.91. The molecule has 0 spiro atoms. The second kappa shape index (κ2) is 9.78. The number of furan rings is 1. The van der Waals surface area contributed by atoms with Gasteiger partial charge in [-0.1, -0.05) is 146 Å². The van der Waals surface area contributed by atoms with E-state index in [1.807, 2.05) is 11.3 Å². The van der Waals surface area contributed by atoms with Crippen LogP contribution in [0.1, 0.15) is 0 Å². The maximum absolute atomic E-state index is 6.66. The minimum absolute atomic E-state index is 0.936. The first-order valence-electron chi connectivity index (χ1n) is 16.4. The van der Waals surface area contributed by atoms with Crippen LogP contribution in [0.5, 0.6) is 0 Å². The van der Waals surface area contributed by atoms with Gasteiger partial charge in [-0.05, 0) is 72.1 Å². The Morgan fingerprint density at radius 2 is 0.979 bits per heavy atom. The molecule has 0 aliphatic rings. The molecule has 0 bridgehead atoms. The summed E-state index contributed by atoms with van der Waals surface area (Å²) >= 11 is 1.88. The van der Waals surface area contributed by atoms with E-state index in [2.05, 4.69) is 158 Å². The fourth-order valence-corrected chi connectivity index (χ4v) is 9.51. The Balaban J connectivity index is 1.24. The van der Waals surface area contributed by atoms with Crippen LogP contribution in [-0.2, 0) is 0 Å². The van der Waals surface area contributed by atoms with Gasteiger partial charge in [0.25, 0.3) is 0 Å². The molecule has 0 aliphatic heterocycles. The van der Waals surface area contributed by atoms with E-state index in [1.165, 1.54) is 96.3 Å². The number of rotatable bonds is 2. The van der Waals surface area contributed by atoms with Gasteiger partial charge in [-0.3, -0.25) is 0 Å². The molecular weight excluding hydrogens is 601 g/mol. The number of para-hydroxylation sites is 1. The molecule has 0 aliphatic carbocycles. The molecule has 0 saturated heterocycles.